The first kappa shape index (κ1) is 10.2. The van der Waals surface area contributed by atoms with Gasteiger partial charge in [-0.25, -0.2) is 0 Å². The molecule has 1 heterocycles. The molecule has 0 spiro atoms. The molecule has 2 aromatic rings. The van der Waals surface area contributed by atoms with E-state index < -0.39 is 0 Å². The van der Waals surface area contributed by atoms with E-state index in [0.717, 1.165) is 0 Å². The number of rotatable bonds is 3. The van der Waals surface area contributed by atoms with Gasteiger partial charge in [-0.15, -0.1) is 0 Å². The van der Waals surface area contributed by atoms with Crippen molar-refractivity contribution in [3.8, 4) is 5.75 Å². The SMILES string of the molecule is C=Cc1c(O)cccc1N=Cc1ccco1. The summed E-state index contributed by atoms with van der Waals surface area (Å²) in [5.74, 6) is 0.836. The van der Waals surface area contributed by atoms with Gasteiger partial charge in [-0.05, 0) is 24.3 Å². The number of nitrogens with zero attached hydrogens (tertiary/aromatic N) is 1. The zero-order valence-electron chi connectivity index (χ0n) is 8.63. The second-order valence-corrected chi connectivity index (χ2v) is 3.19. The second kappa shape index (κ2) is 4.49. The fraction of sp³-hybridized carbons (Fsp3) is 0. The molecule has 0 saturated carbocycles. The minimum absolute atomic E-state index is 0.170. The van der Waals surface area contributed by atoms with E-state index in [1.807, 2.05) is 0 Å². The van der Waals surface area contributed by atoms with Crippen LogP contribution in [0.1, 0.15) is 11.3 Å². The van der Waals surface area contributed by atoms with Gasteiger partial charge in [0.05, 0.1) is 18.2 Å². The van der Waals surface area contributed by atoms with Gasteiger partial charge in [0, 0.05) is 5.56 Å². The molecule has 1 aromatic carbocycles. The van der Waals surface area contributed by atoms with Crippen LogP contribution >= 0.6 is 0 Å². The van der Waals surface area contributed by atoms with Crippen LogP contribution in [-0.2, 0) is 0 Å². The molecule has 0 atom stereocenters. The highest BCUT2D eigenvalue weighted by Crippen LogP contribution is 2.28. The third-order valence-electron chi connectivity index (χ3n) is 2.14. The average molecular weight is 213 g/mol. The Balaban J connectivity index is 2.34. The average Bonchev–Trinajstić information content (AvgIpc) is 2.79. The molecule has 0 amide bonds. The van der Waals surface area contributed by atoms with Crippen molar-refractivity contribution in [1.29, 1.82) is 0 Å². The normalized spacial score (nSPS) is 10.8. The Morgan fingerprint density at radius 1 is 1.25 bits per heavy atom. The van der Waals surface area contributed by atoms with Gasteiger partial charge < -0.3 is 9.52 Å². The summed E-state index contributed by atoms with van der Waals surface area (Å²) in [7, 11) is 0. The van der Waals surface area contributed by atoms with Crippen molar-refractivity contribution in [2.75, 3.05) is 0 Å². The molecule has 0 saturated heterocycles. The number of benzene rings is 1. The molecule has 0 bridgehead atoms. The molecule has 1 aromatic heterocycles. The van der Waals surface area contributed by atoms with E-state index in [4.69, 9.17) is 4.42 Å². The fourth-order valence-electron chi connectivity index (χ4n) is 1.36. The lowest BCUT2D eigenvalue weighted by Gasteiger charge is -2.01. The third kappa shape index (κ3) is 2.03. The number of furan rings is 1. The van der Waals surface area contributed by atoms with Gasteiger partial charge in [-0.2, -0.15) is 0 Å². The van der Waals surface area contributed by atoms with Crippen LogP contribution in [0.2, 0.25) is 0 Å². The Hall–Kier alpha value is -2.29. The lowest BCUT2D eigenvalue weighted by Crippen LogP contribution is -1.78. The zero-order chi connectivity index (χ0) is 11.4. The molecular weight excluding hydrogens is 202 g/mol. The smallest absolute Gasteiger partial charge is 0.144 e. The number of aliphatic imine (C=N–C) groups is 1. The lowest BCUT2D eigenvalue weighted by atomic mass is 10.1. The predicted octanol–water partition coefficient (Wildman–Crippen LogP) is 3.38. The molecule has 3 heteroatoms. The van der Waals surface area contributed by atoms with E-state index >= 15 is 0 Å². The highest BCUT2D eigenvalue weighted by atomic mass is 16.3. The van der Waals surface area contributed by atoms with Crippen LogP contribution in [0.25, 0.3) is 6.08 Å². The first-order valence-corrected chi connectivity index (χ1v) is 4.83. The molecule has 0 aliphatic carbocycles. The number of phenolic OH excluding ortho intramolecular Hbond substituents is 1. The molecule has 0 aliphatic heterocycles. The van der Waals surface area contributed by atoms with Gasteiger partial charge >= 0.3 is 0 Å². The van der Waals surface area contributed by atoms with Crippen molar-refractivity contribution in [3.63, 3.8) is 0 Å². The summed E-state index contributed by atoms with van der Waals surface area (Å²) >= 11 is 0. The third-order valence-corrected chi connectivity index (χ3v) is 2.14. The Morgan fingerprint density at radius 3 is 2.81 bits per heavy atom. The van der Waals surface area contributed by atoms with Gasteiger partial charge in [-0.3, -0.25) is 4.99 Å². The number of hydrogen-bond acceptors (Lipinski definition) is 3. The summed E-state index contributed by atoms with van der Waals surface area (Å²) in [4.78, 5) is 4.23. The van der Waals surface area contributed by atoms with Crippen molar-refractivity contribution >= 4 is 18.0 Å². The quantitative estimate of drug-likeness (QED) is 0.794. The maximum absolute atomic E-state index is 9.58. The van der Waals surface area contributed by atoms with E-state index in [2.05, 4.69) is 11.6 Å². The van der Waals surface area contributed by atoms with Crippen molar-refractivity contribution in [2.24, 2.45) is 4.99 Å². The Bertz CT molecular complexity index is 513. The number of hydrogen-bond donors (Lipinski definition) is 1. The summed E-state index contributed by atoms with van der Waals surface area (Å²) in [5, 5.41) is 9.58. The topological polar surface area (TPSA) is 45.7 Å². The molecule has 0 radical (unpaired) electrons. The van der Waals surface area contributed by atoms with Crippen LogP contribution in [0.3, 0.4) is 0 Å². The van der Waals surface area contributed by atoms with Gasteiger partial charge in [-0.1, -0.05) is 18.7 Å². The van der Waals surface area contributed by atoms with Gasteiger partial charge in [0.15, 0.2) is 0 Å². The lowest BCUT2D eigenvalue weighted by molar-refractivity contribution is 0.474. The van der Waals surface area contributed by atoms with Crippen LogP contribution < -0.4 is 0 Å². The van der Waals surface area contributed by atoms with E-state index in [-0.39, 0.29) is 5.75 Å². The van der Waals surface area contributed by atoms with E-state index in [0.29, 0.717) is 17.0 Å². The highest BCUT2D eigenvalue weighted by Gasteiger charge is 2.02. The van der Waals surface area contributed by atoms with Crippen molar-refractivity contribution < 1.29 is 9.52 Å². The molecule has 3 nitrogen and oxygen atoms in total. The van der Waals surface area contributed by atoms with Crippen molar-refractivity contribution in [1.82, 2.24) is 0 Å². The summed E-state index contributed by atoms with van der Waals surface area (Å²) in [6, 6.07) is 8.73. The summed E-state index contributed by atoms with van der Waals surface area (Å²) in [6.07, 6.45) is 4.75. The van der Waals surface area contributed by atoms with Crippen LogP contribution in [0, 0.1) is 0 Å². The summed E-state index contributed by atoms with van der Waals surface area (Å²) < 4.78 is 5.12. The largest absolute Gasteiger partial charge is 0.507 e. The number of aromatic hydroxyl groups is 1. The van der Waals surface area contributed by atoms with Crippen molar-refractivity contribution in [3.05, 3.63) is 54.5 Å². The molecular formula is C13H11NO2. The molecule has 80 valence electrons. The number of phenols is 1. The molecule has 0 unspecified atom stereocenters. The zero-order valence-corrected chi connectivity index (χ0v) is 8.63. The van der Waals surface area contributed by atoms with Gasteiger partial charge in [0.1, 0.15) is 11.5 Å². The van der Waals surface area contributed by atoms with Crippen LogP contribution in [0.5, 0.6) is 5.75 Å². The van der Waals surface area contributed by atoms with Gasteiger partial charge in [0.25, 0.3) is 0 Å². The Kier molecular flexibility index (Phi) is 2.87. The Labute approximate surface area is 93.4 Å². The Morgan fingerprint density at radius 2 is 2.12 bits per heavy atom. The highest BCUT2D eigenvalue weighted by molar-refractivity contribution is 5.81. The minimum Gasteiger partial charge on any atom is -0.507 e. The first-order valence-electron chi connectivity index (χ1n) is 4.83. The molecule has 1 N–H and O–H groups in total. The predicted molar refractivity (Wildman–Crippen MR) is 64.2 cm³/mol. The monoisotopic (exact) mass is 213 g/mol. The first-order chi connectivity index (χ1) is 7.81. The molecule has 16 heavy (non-hydrogen) atoms. The van der Waals surface area contributed by atoms with Crippen LogP contribution in [0.15, 0.2) is 52.6 Å². The minimum atomic E-state index is 0.170. The maximum atomic E-state index is 9.58. The standard InChI is InChI=1S/C13H11NO2/c1-2-11-12(6-3-7-13(11)15)14-9-10-5-4-8-16-10/h2-9,15H,1H2. The van der Waals surface area contributed by atoms with Crippen LogP contribution in [0.4, 0.5) is 5.69 Å². The summed E-state index contributed by atoms with van der Waals surface area (Å²) in [5.41, 5.74) is 1.27. The van der Waals surface area contributed by atoms with Crippen LogP contribution in [-0.4, -0.2) is 11.3 Å². The van der Waals surface area contributed by atoms with Gasteiger partial charge in [0.2, 0.25) is 0 Å². The fourth-order valence-corrected chi connectivity index (χ4v) is 1.36. The summed E-state index contributed by atoms with van der Waals surface area (Å²) in [6.45, 7) is 3.64. The van der Waals surface area contributed by atoms with E-state index in [9.17, 15) is 5.11 Å². The van der Waals surface area contributed by atoms with E-state index in [1.54, 1.807) is 48.9 Å². The molecule has 2 rings (SSSR count). The van der Waals surface area contributed by atoms with Crippen molar-refractivity contribution in [2.45, 2.75) is 0 Å². The van der Waals surface area contributed by atoms with E-state index in [1.165, 1.54) is 0 Å². The molecule has 0 aliphatic rings. The maximum Gasteiger partial charge on any atom is 0.144 e. The molecule has 0 fully saturated rings. The second-order valence-electron chi connectivity index (χ2n) is 3.19.